The van der Waals surface area contributed by atoms with Gasteiger partial charge in [-0.25, -0.2) is 0 Å². The van der Waals surface area contributed by atoms with E-state index in [9.17, 15) is 4.79 Å². The van der Waals surface area contributed by atoms with Gasteiger partial charge in [-0.3, -0.25) is 9.78 Å². The first kappa shape index (κ1) is 22.5. The standard InChI is InChI=1S/C27H33N3O/c1-20(2)8-7-9-21(3)16-17-30(4)25-14-12-22(13-15-25)27(31)29-24-18-23-10-5-6-11-26(23)28-19-24/h5-6,8,10-15,18-19,21H,7,9,16-17H2,1-4H3,(H,29,31)/t21-/m1/s1. The maximum absolute atomic E-state index is 12.6. The lowest BCUT2D eigenvalue weighted by Crippen LogP contribution is -2.20. The molecule has 0 unspecified atom stereocenters. The van der Waals surface area contributed by atoms with E-state index in [4.69, 9.17) is 0 Å². The number of hydrogen-bond acceptors (Lipinski definition) is 3. The van der Waals surface area contributed by atoms with E-state index >= 15 is 0 Å². The van der Waals surface area contributed by atoms with E-state index in [0.29, 0.717) is 17.2 Å². The van der Waals surface area contributed by atoms with Crippen molar-refractivity contribution >= 4 is 28.2 Å². The third-order valence-corrected chi connectivity index (χ3v) is 5.59. The Morgan fingerprint density at radius 3 is 2.58 bits per heavy atom. The van der Waals surface area contributed by atoms with E-state index in [-0.39, 0.29) is 5.91 Å². The van der Waals surface area contributed by atoms with E-state index in [1.165, 1.54) is 12.0 Å². The number of amides is 1. The van der Waals surface area contributed by atoms with Crippen molar-refractivity contribution in [1.29, 1.82) is 0 Å². The zero-order valence-electron chi connectivity index (χ0n) is 19.1. The van der Waals surface area contributed by atoms with E-state index < -0.39 is 0 Å². The Kier molecular flexibility index (Phi) is 7.82. The summed E-state index contributed by atoms with van der Waals surface area (Å²) in [5, 5.41) is 3.95. The molecule has 0 spiro atoms. The lowest BCUT2D eigenvalue weighted by molar-refractivity contribution is 0.102. The Labute approximate surface area is 186 Å². The highest BCUT2D eigenvalue weighted by molar-refractivity contribution is 6.05. The van der Waals surface area contributed by atoms with Gasteiger partial charge in [-0.05, 0) is 75.4 Å². The Hall–Kier alpha value is -3.14. The van der Waals surface area contributed by atoms with Crippen LogP contribution >= 0.6 is 0 Å². The van der Waals surface area contributed by atoms with Crippen LogP contribution < -0.4 is 10.2 Å². The fourth-order valence-electron chi connectivity index (χ4n) is 3.55. The largest absolute Gasteiger partial charge is 0.375 e. The molecule has 0 aliphatic rings. The molecule has 0 saturated carbocycles. The maximum atomic E-state index is 12.6. The van der Waals surface area contributed by atoms with Crippen LogP contribution in [0.1, 0.15) is 50.4 Å². The molecule has 0 bridgehead atoms. The minimum atomic E-state index is -0.126. The Bertz CT molecular complexity index is 1040. The highest BCUT2D eigenvalue weighted by Crippen LogP contribution is 2.20. The second-order valence-corrected chi connectivity index (χ2v) is 8.59. The Morgan fingerprint density at radius 2 is 1.84 bits per heavy atom. The van der Waals surface area contributed by atoms with Crippen molar-refractivity contribution in [2.24, 2.45) is 5.92 Å². The smallest absolute Gasteiger partial charge is 0.255 e. The summed E-state index contributed by atoms with van der Waals surface area (Å²) < 4.78 is 0. The van der Waals surface area contributed by atoms with Gasteiger partial charge in [0.1, 0.15) is 0 Å². The number of pyridine rings is 1. The van der Waals surface area contributed by atoms with Crippen LogP contribution in [0.2, 0.25) is 0 Å². The van der Waals surface area contributed by atoms with Gasteiger partial charge in [-0.1, -0.05) is 36.8 Å². The molecule has 31 heavy (non-hydrogen) atoms. The minimum Gasteiger partial charge on any atom is -0.375 e. The summed E-state index contributed by atoms with van der Waals surface area (Å²) in [5.74, 6) is 0.567. The fourth-order valence-corrected chi connectivity index (χ4v) is 3.55. The molecule has 4 nitrogen and oxygen atoms in total. The summed E-state index contributed by atoms with van der Waals surface area (Å²) >= 11 is 0. The average molecular weight is 416 g/mol. The van der Waals surface area contributed by atoms with Gasteiger partial charge in [0, 0.05) is 30.2 Å². The first-order valence-corrected chi connectivity index (χ1v) is 11.0. The van der Waals surface area contributed by atoms with E-state index in [1.54, 1.807) is 6.20 Å². The SMILES string of the molecule is CC(C)=CCC[C@@H](C)CCN(C)c1ccc(C(=O)Nc2cnc3ccccc3c2)cc1. The number of rotatable bonds is 9. The highest BCUT2D eigenvalue weighted by Gasteiger charge is 2.09. The predicted octanol–water partition coefficient (Wildman–Crippen LogP) is 6.70. The number of allylic oxidation sites excluding steroid dienone is 2. The summed E-state index contributed by atoms with van der Waals surface area (Å²) in [5.41, 5.74) is 4.78. The number of aromatic nitrogens is 1. The van der Waals surface area contributed by atoms with Gasteiger partial charge in [0.15, 0.2) is 0 Å². The van der Waals surface area contributed by atoms with Gasteiger partial charge in [0.25, 0.3) is 5.91 Å². The summed E-state index contributed by atoms with van der Waals surface area (Å²) in [6.45, 7) is 7.63. The van der Waals surface area contributed by atoms with Crippen LogP contribution in [-0.4, -0.2) is 24.5 Å². The zero-order valence-corrected chi connectivity index (χ0v) is 19.1. The summed E-state index contributed by atoms with van der Waals surface area (Å²) in [6.07, 6.45) is 7.55. The molecule has 3 rings (SSSR count). The van der Waals surface area contributed by atoms with Gasteiger partial charge < -0.3 is 10.2 Å². The first-order chi connectivity index (χ1) is 14.9. The van der Waals surface area contributed by atoms with Crippen LogP contribution in [0.4, 0.5) is 11.4 Å². The Balaban J connectivity index is 1.53. The van der Waals surface area contributed by atoms with Crippen molar-refractivity contribution in [2.45, 2.75) is 40.0 Å². The molecule has 1 aromatic heterocycles. The molecule has 1 amide bonds. The third-order valence-electron chi connectivity index (χ3n) is 5.59. The molecule has 0 saturated heterocycles. The normalized spacial score (nSPS) is 11.7. The molecule has 162 valence electrons. The summed E-state index contributed by atoms with van der Waals surface area (Å²) in [4.78, 5) is 19.3. The van der Waals surface area contributed by atoms with Gasteiger partial charge in [0.05, 0.1) is 17.4 Å². The molecule has 0 radical (unpaired) electrons. The molecule has 0 aliphatic carbocycles. The topological polar surface area (TPSA) is 45.2 Å². The number of nitrogens with one attached hydrogen (secondary N) is 1. The second-order valence-electron chi connectivity index (χ2n) is 8.59. The number of hydrogen-bond donors (Lipinski definition) is 1. The molecule has 3 aromatic rings. The molecule has 4 heteroatoms. The summed E-state index contributed by atoms with van der Waals surface area (Å²) in [7, 11) is 2.11. The van der Waals surface area contributed by atoms with Crippen LogP contribution in [0.25, 0.3) is 10.9 Å². The van der Waals surface area contributed by atoms with Crippen molar-refractivity contribution in [1.82, 2.24) is 4.98 Å². The van der Waals surface area contributed by atoms with Crippen molar-refractivity contribution in [3.05, 3.63) is 78.0 Å². The quantitative estimate of drug-likeness (QED) is 0.396. The molecule has 0 fully saturated rings. The second kappa shape index (κ2) is 10.8. The average Bonchev–Trinajstić information content (AvgIpc) is 2.77. The summed E-state index contributed by atoms with van der Waals surface area (Å²) in [6, 6.07) is 17.6. The first-order valence-electron chi connectivity index (χ1n) is 11.0. The van der Waals surface area contributed by atoms with Crippen LogP contribution in [-0.2, 0) is 0 Å². The van der Waals surface area contributed by atoms with Crippen LogP contribution in [0.5, 0.6) is 0 Å². The number of fused-ring (bicyclic) bond motifs is 1. The van der Waals surface area contributed by atoms with Crippen molar-refractivity contribution in [3.63, 3.8) is 0 Å². The predicted molar refractivity (Wildman–Crippen MR) is 132 cm³/mol. The number of benzene rings is 2. The maximum Gasteiger partial charge on any atom is 0.255 e. The van der Waals surface area contributed by atoms with Gasteiger partial charge >= 0.3 is 0 Å². The van der Waals surface area contributed by atoms with Crippen LogP contribution in [0, 0.1) is 5.92 Å². The number of nitrogens with zero attached hydrogens (tertiary/aromatic N) is 2. The van der Waals surface area contributed by atoms with Gasteiger partial charge in [-0.15, -0.1) is 0 Å². The van der Waals surface area contributed by atoms with Gasteiger partial charge in [0.2, 0.25) is 0 Å². The lowest BCUT2D eigenvalue weighted by Gasteiger charge is -2.21. The molecular formula is C27H33N3O. The number of carbonyl (C=O) groups excluding carboxylic acids is 1. The van der Waals surface area contributed by atoms with Crippen molar-refractivity contribution in [2.75, 3.05) is 23.8 Å². The van der Waals surface area contributed by atoms with E-state index in [2.05, 4.69) is 49.1 Å². The number of carbonyl (C=O) groups is 1. The van der Waals surface area contributed by atoms with E-state index in [0.717, 1.165) is 36.0 Å². The molecular weight excluding hydrogens is 382 g/mol. The van der Waals surface area contributed by atoms with Crippen molar-refractivity contribution in [3.8, 4) is 0 Å². The monoisotopic (exact) mass is 415 g/mol. The van der Waals surface area contributed by atoms with E-state index in [1.807, 2.05) is 54.6 Å². The van der Waals surface area contributed by atoms with Crippen LogP contribution in [0.15, 0.2) is 72.4 Å². The number of anilines is 2. The van der Waals surface area contributed by atoms with Gasteiger partial charge in [-0.2, -0.15) is 0 Å². The minimum absolute atomic E-state index is 0.126. The molecule has 1 N–H and O–H groups in total. The lowest BCUT2D eigenvalue weighted by atomic mass is 10.0. The highest BCUT2D eigenvalue weighted by atomic mass is 16.1. The third kappa shape index (κ3) is 6.68. The molecule has 0 aliphatic heterocycles. The fraction of sp³-hybridized carbons (Fsp3) is 0.333. The Morgan fingerprint density at radius 1 is 1.10 bits per heavy atom. The molecule has 1 heterocycles. The van der Waals surface area contributed by atoms with Crippen molar-refractivity contribution < 1.29 is 4.79 Å². The molecule has 2 aromatic carbocycles. The van der Waals surface area contributed by atoms with Crippen LogP contribution in [0.3, 0.4) is 0 Å². The molecule has 1 atom stereocenters. The zero-order chi connectivity index (χ0) is 22.2. The number of para-hydroxylation sites is 1.